The first kappa shape index (κ1) is 15.5. The molecule has 5 nitrogen and oxygen atoms in total. The summed E-state index contributed by atoms with van der Waals surface area (Å²) in [6.45, 7) is 15.6. The topological polar surface area (TPSA) is 37.3 Å². The lowest BCUT2D eigenvalue weighted by atomic mass is 10.0. The SMILES string of the molecule is CC(C)[C@H]1COC2=CN(C(C)(C)C3=N[C@@H](C(C)C)CO3)CN21. The van der Waals surface area contributed by atoms with E-state index in [0.29, 0.717) is 24.5 Å². The van der Waals surface area contributed by atoms with Crippen molar-refractivity contribution in [1.29, 1.82) is 0 Å². The van der Waals surface area contributed by atoms with Crippen molar-refractivity contribution in [2.45, 2.75) is 59.2 Å². The summed E-state index contributed by atoms with van der Waals surface area (Å²) in [5, 5.41) is 0. The van der Waals surface area contributed by atoms with Gasteiger partial charge in [-0.1, -0.05) is 27.7 Å². The highest BCUT2D eigenvalue weighted by Crippen LogP contribution is 2.35. The summed E-state index contributed by atoms with van der Waals surface area (Å²) >= 11 is 0. The first-order chi connectivity index (χ1) is 10.3. The molecule has 3 aliphatic rings. The fraction of sp³-hybridized carbons (Fsp3) is 0.824. The third-order valence-electron chi connectivity index (χ3n) is 5.11. The standard InChI is InChI=1S/C17H29N3O2/c1-11(2)13-8-22-16(18-13)17(5,6)19-7-15-20(10-19)14(9-21-15)12(3)4/h7,11-14H,8-10H2,1-6H3/t13-,14-/m1/s1. The number of nitrogens with zero attached hydrogens (tertiary/aromatic N) is 3. The summed E-state index contributed by atoms with van der Waals surface area (Å²) < 4.78 is 11.8. The van der Waals surface area contributed by atoms with Gasteiger partial charge in [-0.25, -0.2) is 4.99 Å². The molecule has 124 valence electrons. The summed E-state index contributed by atoms with van der Waals surface area (Å²) in [5.74, 6) is 2.94. The molecule has 3 heterocycles. The zero-order chi connectivity index (χ0) is 16.1. The highest BCUT2D eigenvalue weighted by Gasteiger charge is 2.44. The van der Waals surface area contributed by atoms with Gasteiger partial charge < -0.3 is 19.3 Å². The van der Waals surface area contributed by atoms with Crippen molar-refractivity contribution in [3.8, 4) is 0 Å². The van der Waals surface area contributed by atoms with Crippen LogP contribution in [0.4, 0.5) is 0 Å². The van der Waals surface area contributed by atoms with Gasteiger partial charge in [0.25, 0.3) is 0 Å². The maximum Gasteiger partial charge on any atom is 0.209 e. The Morgan fingerprint density at radius 2 is 1.86 bits per heavy atom. The second-order valence-electron chi connectivity index (χ2n) is 7.79. The van der Waals surface area contributed by atoms with E-state index in [9.17, 15) is 0 Å². The Bertz CT molecular complexity index is 496. The van der Waals surface area contributed by atoms with E-state index in [4.69, 9.17) is 14.5 Å². The summed E-state index contributed by atoms with van der Waals surface area (Å²) in [6, 6.07) is 0.742. The fourth-order valence-electron chi connectivity index (χ4n) is 3.21. The van der Waals surface area contributed by atoms with Gasteiger partial charge in [0, 0.05) is 0 Å². The molecule has 3 rings (SSSR count). The monoisotopic (exact) mass is 307 g/mol. The van der Waals surface area contributed by atoms with Crippen LogP contribution in [-0.2, 0) is 9.47 Å². The van der Waals surface area contributed by atoms with Crippen LogP contribution in [0, 0.1) is 11.8 Å². The minimum absolute atomic E-state index is 0.244. The normalized spacial score (nSPS) is 28.0. The molecule has 22 heavy (non-hydrogen) atoms. The zero-order valence-corrected chi connectivity index (χ0v) is 14.7. The van der Waals surface area contributed by atoms with Crippen molar-refractivity contribution in [3.05, 3.63) is 12.1 Å². The Kier molecular flexibility index (Phi) is 3.77. The molecule has 0 bridgehead atoms. The molecule has 0 aliphatic carbocycles. The van der Waals surface area contributed by atoms with Crippen molar-refractivity contribution >= 4 is 5.90 Å². The Labute approximate surface area is 134 Å². The van der Waals surface area contributed by atoms with Gasteiger partial charge >= 0.3 is 0 Å². The smallest absolute Gasteiger partial charge is 0.209 e. The maximum atomic E-state index is 5.92. The predicted molar refractivity (Wildman–Crippen MR) is 87.3 cm³/mol. The molecule has 0 spiro atoms. The molecule has 0 N–H and O–H groups in total. The minimum atomic E-state index is -0.244. The van der Waals surface area contributed by atoms with E-state index in [1.54, 1.807) is 0 Å². The molecular weight excluding hydrogens is 278 g/mol. The van der Waals surface area contributed by atoms with Crippen LogP contribution in [0.15, 0.2) is 17.1 Å². The van der Waals surface area contributed by atoms with Crippen LogP contribution in [0.3, 0.4) is 0 Å². The van der Waals surface area contributed by atoms with Crippen LogP contribution in [0.25, 0.3) is 0 Å². The molecule has 0 radical (unpaired) electrons. The molecule has 0 aromatic rings. The van der Waals surface area contributed by atoms with Crippen LogP contribution < -0.4 is 0 Å². The summed E-state index contributed by atoms with van der Waals surface area (Å²) in [5.41, 5.74) is -0.244. The van der Waals surface area contributed by atoms with Crippen LogP contribution in [0.2, 0.25) is 0 Å². The van der Waals surface area contributed by atoms with E-state index < -0.39 is 0 Å². The highest BCUT2D eigenvalue weighted by molar-refractivity contribution is 5.87. The molecular formula is C17H29N3O2. The summed E-state index contributed by atoms with van der Waals surface area (Å²) in [4.78, 5) is 9.47. The molecule has 0 saturated carbocycles. The quantitative estimate of drug-likeness (QED) is 0.800. The summed E-state index contributed by atoms with van der Waals surface area (Å²) in [6.07, 6.45) is 2.12. The molecule has 0 aromatic heterocycles. The largest absolute Gasteiger partial charge is 0.477 e. The van der Waals surface area contributed by atoms with Crippen LogP contribution >= 0.6 is 0 Å². The van der Waals surface area contributed by atoms with Gasteiger partial charge in [-0.3, -0.25) is 0 Å². The molecule has 0 amide bonds. The molecule has 2 atom stereocenters. The molecule has 3 aliphatic heterocycles. The Hall–Kier alpha value is -1.39. The minimum Gasteiger partial charge on any atom is -0.477 e. The average molecular weight is 307 g/mol. The zero-order valence-electron chi connectivity index (χ0n) is 14.7. The van der Waals surface area contributed by atoms with E-state index in [2.05, 4.69) is 57.5 Å². The Morgan fingerprint density at radius 3 is 2.45 bits per heavy atom. The van der Waals surface area contributed by atoms with Gasteiger partial charge in [-0.15, -0.1) is 0 Å². The Morgan fingerprint density at radius 1 is 1.14 bits per heavy atom. The number of hydrogen-bond acceptors (Lipinski definition) is 5. The number of ether oxygens (including phenoxy) is 2. The van der Waals surface area contributed by atoms with Crippen LogP contribution in [0.1, 0.15) is 41.5 Å². The van der Waals surface area contributed by atoms with Crippen molar-refractivity contribution in [2.24, 2.45) is 16.8 Å². The van der Waals surface area contributed by atoms with Crippen molar-refractivity contribution in [2.75, 3.05) is 19.9 Å². The third kappa shape index (κ3) is 2.44. The number of hydrogen-bond donors (Lipinski definition) is 0. The van der Waals surface area contributed by atoms with Gasteiger partial charge in [0.05, 0.1) is 25.0 Å². The van der Waals surface area contributed by atoms with E-state index >= 15 is 0 Å². The van der Waals surface area contributed by atoms with Crippen LogP contribution in [-0.4, -0.2) is 53.2 Å². The molecule has 1 fully saturated rings. The maximum absolute atomic E-state index is 5.92. The molecule has 1 saturated heterocycles. The van der Waals surface area contributed by atoms with Crippen molar-refractivity contribution in [1.82, 2.24) is 9.80 Å². The molecule has 5 heteroatoms. The summed E-state index contributed by atoms with van der Waals surface area (Å²) in [7, 11) is 0. The first-order valence-corrected chi connectivity index (χ1v) is 8.39. The van der Waals surface area contributed by atoms with E-state index in [1.165, 1.54) is 0 Å². The van der Waals surface area contributed by atoms with Gasteiger partial charge in [-0.05, 0) is 25.7 Å². The lowest BCUT2D eigenvalue weighted by Crippen LogP contribution is -2.49. The number of rotatable bonds is 4. The third-order valence-corrected chi connectivity index (χ3v) is 5.11. The lowest BCUT2D eigenvalue weighted by Gasteiger charge is -2.36. The van der Waals surface area contributed by atoms with E-state index in [0.717, 1.165) is 25.1 Å². The van der Waals surface area contributed by atoms with Gasteiger partial charge in [-0.2, -0.15) is 0 Å². The second kappa shape index (κ2) is 5.36. The van der Waals surface area contributed by atoms with Gasteiger partial charge in [0.2, 0.25) is 11.8 Å². The van der Waals surface area contributed by atoms with Crippen molar-refractivity contribution < 1.29 is 9.47 Å². The van der Waals surface area contributed by atoms with Gasteiger partial charge in [0.1, 0.15) is 18.8 Å². The average Bonchev–Trinajstić information content (AvgIpc) is 3.13. The van der Waals surface area contributed by atoms with E-state index in [-0.39, 0.29) is 11.6 Å². The predicted octanol–water partition coefficient (Wildman–Crippen LogP) is 2.65. The first-order valence-electron chi connectivity index (χ1n) is 8.39. The molecule has 0 unspecified atom stereocenters. The van der Waals surface area contributed by atoms with E-state index in [1.807, 2.05) is 0 Å². The number of fused-ring (bicyclic) bond motifs is 1. The van der Waals surface area contributed by atoms with Crippen LogP contribution in [0.5, 0.6) is 0 Å². The highest BCUT2D eigenvalue weighted by atomic mass is 16.5. The second-order valence-corrected chi connectivity index (χ2v) is 7.79. The molecule has 0 aromatic carbocycles. The lowest BCUT2D eigenvalue weighted by molar-refractivity contribution is 0.138. The number of aliphatic imine (C=N–C) groups is 1. The fourth-order valence-corrected chi connectivity index (χ4v) is 3.21. The van der Waals surface area contributed by atoms with Gasteiger partial charge in [0.15, 0.2) is 0 Å². The Balaban J connectivity index is 1.75. The van der Waals surface area contributed by atoms with Crippen molar-refractivity contribution in [3.63, 3.8) is 0 Å².